The Morgan fingerprint density at radius 1 is 1.20 bits per heavy atom. The lowest BCUT2D eigenvalue weighted by Crippen LogP contribution is -2.16. The van der Waals surface area contributed by atoms with Crippen LogP contribution in [0.4, 0.5) is 11.4 Å². The van der Waals surface area contributed by atoms with Crippen LogP contribution < -0.4 is 10.2 Å². The van der Waals surface area contributed by atoms with Crippen molar-refractivity contribution in [3.05, 3.63) is 46.7 Å². The highest BCUT2D eigenvalue weighted by molar-refractivity contribution is 7.09. The first-order valence-corrected chi connectivity index (χ1v) is 7.63. The fourth-order valence-electron chi connectivity index (χ4n) is 2.06. The molecule has 0 aliphatic carbocycles. The largest absolute Gasteiger partial charge is 0.376 e. The summed E-state index contributed by atoms with van der Waals surface area (Å²) in [7, 11) is 3.95. The lowest BCUT2D eigenvalue weighted by molar-refractivity contribution is -0.116. The fourth-order valence-corrected chi connectivity index (χ4v) is 2.81. The maximum Gasteiger partial charge on any atom is 0.224 e. The monoisotopic (exact) mass is 288 g/mol. The first kappa shape index (κ1) is 14.6. The zero-order valence-electron chi connectivity index (χ0n) is 11.9. The van der Waals surface area contributed by atoms with Crippen molar-refractivity contribution in [3.8, 4) is 0 Å². The zero-order chi connectivity index (χ0) is 14.4. The molecule has 0 spiro atoms. The Kier molecular flexibility index (Phi) is 5.18. The number of nitrogens with zero attached hydrogens (tertiary/aromatic N) is 1. The van der Waals surface area contributed by atoms with Gasteiger partial charge >= 0.3 is 0 Å². The molecule has 0 saturated heterocycles. The molecule has 0 saturated carbocycles. The van der Waals surface area contributed by atoms with Gasteiger partial charge in [0.25, 0.3) is 0 Å². The average molecular weight is 288 g/mol. The molecule has 1 N–H and O–H groups in total. The number of nitrogens with one attached hydrogen (secondary N) is 1. The predicted octanol–water partition coefficient (Wildman–Crippen LogP) is 3.78. The maximum absolute atomic E-state index is 12.0. The quantitative estimate of drug-likeness (QED) is 0.877. The topological polar surface area (TPSA) is 32.3 Å². The molecule has 20 heavy (non-hydrogen) atoms. The molecule has 1 heterocycles. The lowest BCUT2D eigenvalue weighted by atomic mass is 10.2. The number of amides is 1. The van der Waals surface area contributed by atoms with E-state index in [4.69, 9.17) is 0 Å². The molecule has 0 atom stereocenters. The number of hydrogen-bond acceptors (Lipinski definition) is 3. The van der Waals surface area contributed by atoms with Gasteiger partial charge in [-0.15, -0.1) is 11.3 Å². The number of rotatable bonds is 6. The Labute approximate surface area is 124 Å². The van der Waals surface area contributed by atoms with E-state index in [1.54, 1.807) is 11.3 Å². The summed E-state index contributed by atoms with van der Waals surface area (Å²) in [5.41, 5.74) is 1.90. The third-order valence-corrected chi connectivity index (χ3v) is 4.00. The van der Waals surface area contributed by atoms with Crippen LogP contribution in [0, 0.1) is 0 Å². The van der Waals surface area contributed by atoms with Crippen LogP contribution in [-0.4, -0.2) is 20.0 Å². The third kappa shape index (κ3) is 4.10. The van der Waals surface area contributed by atoms with Gasteiger partial charge in [-0.25, -0.2) is 0 Å². The number of aryl methyl sites for hydroxylation is 1. The van der Waals surface area contributed by atoms with E-state index in [1.165, 1.54) is 4.88 Å². The summed E-state index contributed by atoms with van der Waals surface area (Å²) >= 11 is 1.75. The van der Waals surface area contributed by atoms with Crippen LogP contribution in [-0.2, 0) is 11.2 Å². The Morgan fingerprint density at radius 2 is 2.00 bits per heavy atom. The predicted molar refractivity (Wildman–Crippen MR) is 86.7 cm³/mol. The summed E-state index contributed by atoms with van der Waals surface area (Å²) in [5.74, 6) is 0.0795. The van der Waals surface area contributed by atoms with Crippen LogP contribution in [0.1, 0.15) is 17.7 Å². The third-order valence-electron chi connectivity index (χ3n) is 3.07. The summed E-state index contributed by atoms with van der Waals surface area (Å²) in [4.78, 5) is 15.3. The van der Waals surface area contributed by atoms with Gasteiger partial charge in [-0.3, -0.25) is 4.79 Å². The summed E-state index contributed by atoms with van der Waals surface area (Å²) < 4.78 is 0. The van der Waals surface area contributed by atoms with E-state index in [-0.39, 0.29) is 5.91 Å². The molecule has 0 aliphatic heterocycles. The van der Waals surface area contributed by atoms with Gasteiger partial charge in [-0.2, -0.15) is 0 Å². The minimum atomic E-state index is 0.0795. The van der Waals surface area contributed by atoms with Gasteiger partial charge in [0.1, 0.15) is 0 Å². The molecular weight excluding hydrogens is 268 g/mol. The second-order valence-corrected chi connectivity index (χ2v) is 5.92. The molecule has 2 rings (SSSR count). The van der Waals surface area contributed by atoms with Crippen LogP contribution in [0.25, 0.3) is 0 Å². The SMILES string of the molecule is CN(C)c1ccccc1NC(=O)CCCc1cccs1. The number of para-hydroxylation sites is 2. The molecule has 1 aromatic carbocycles. The molecule has 1 aromatic heterocycles. The number of benzene rings is 1. The Hall–Kier alpha value is -1.81. The van der Waals surface area contributed by atoms with Crippen molar-refractivity contribution in [2.24, 2.45) is 0 Å². The number of carbonyl (C=O) groups excluding carboxylic acids is 1. The molecule has 2 aromatic rings. The van der Waals surface area contributed by atoms with Crippen LogP contribution in [0.15, 0.2) is 41.8 Å². The number of thiophene rings is 1. The van der Waals surface area contributed by atoms with E-state index in [9.17, 15) is 4.79 Å². The summed E-state index contributed by atoms with van der Waals surface area (Å²) in [5, 5.41) is 5.07. The van der Waals surface area contributed by atoms with Crippen molar-refractivity contribution in [1.29, 1.82) is 0 Å². The highest BCUT2D eigenvalue weighted by Crippen LogP contribution is 2.23. The molecule has 106 valence electrons. The van der Waals surface area contributed by atoms with Crippen molar-refractivity contribution in [2.75, 3.05) is 24.3 Å². The van der Waals surface area contributed by atoms with Crippen molar-refractivity contribution in [3.63, 3.8) is 0 Å². The summed E-state index contributed by atoms with van der Waals surface area (Å²) in [6.45, 7) is 0. The maximum atomic E-state index is 12.0. The molecule has 0 bridgehead atoms. The average Bonchev–Trinajstić information content (AvgIpc) is 2.92. The first-order valence-electron chi connectivity index (χ1n) is 6.75. The van der Waals surface area contributed by atoms with Crippen LogP contribution in [0.2, 0.25) is 0 Å². The second kappa shape index (κ2) is 7.10. The van der Waals surface area contributed by atoms with Gasteiger partial charge in [-0.05, 0) is 36.4 Å². The van der Waals surface area contributed by atoms with Crippen LogP contribution >= 0.6 is 11.3 Å². The van der Waals surface area contributed by atoms with E-state index in [0.717, 1.165) is 24.2 Å². The van der Waals surface area contributed by atoms with E-state index >= 15 is 0 Å². The van der Waals surface area contributed by atoms with Crippen molar-refractivity contribution in [1.82, 2.24) is 0 Å². The molecular formula is C16H20N2OS. The highest BCUT2D eigenvalue weighted by Gasteiger charge is 2.07. The van der Waals surface area contributed by atoms with E-state index < -0.39 is 0 Å². The number of hydrogen-bond donors (Lipinski definition) is 1. The Balaban J connectivity index is 1.85. The van der Waals surface area contributed by atoms with Gasteiger partial charge in [0.2, 0.25) is 5.91 Å². The van der Waals surface area contributed by atoms with Crippen LogP contribution in [0.5, 0.6) is 0 Å². The minimum Gasteiger partial charge on any atom is -0.376 e. The number of carbonyl (C=O) groups is 1. The van der Waals surface area contributed by atoms with E-state index in [2.05, 4.69) is 16.8 Å². The summed E-state index contributed by atoms with van der Waals surface area (Å²) in [6, 6.07) is 12.0. The smallest absolute Gasteiger partial charge is 0.224 e. The molecule has 0 aliphatic rings. The Bertz CT molecular complexity index is 549. The second-order valence-electron chi connectivity index (χ2n) is 4.89. The normalized spacial score (nSPS) is 10.3. The van der Waals surface area contributed by atoms with Crippen molar-refractivity contribution in [2.45, 2.75) is 19.3 Å². The molecule has 0 radical (unpaired) electrons. The number of anilines is 2. The highest BCUT2D eigenvalue weighted by atomic mass is 32.1. The molecule has 0 unspecified atom stereocenters. The lowest BCUT2D eigenvalue weighted by Gasteiger charge is -2.17. The van der Waals surface area contributed by atoms with Gasteiger partial charge in [-0.1, -0.05) is 18.2 Å². The first-order chi connectivity index (χ1) is 9.66. The minimum absolute atomic E-state index is 0.0795. The standard InChI is InChI=1S/C16H20N2OS/c1-18(2)15-10-4-3-9-14(15)17-16(19)11-5-7-13-8-6-12-20-13/h3-4,6,8-10,12H,5,7,11H2,1-2H3,(H,17,19). The van der Waals surface area contributed by atoms with Crippen molar-refractivity contribution >= 4 is 28.6 Å². The zero-order valence-corrected chi connectivity index (χ0v) is 12.7. The molecule has 1 amide bonds. The molecule has 3 nitrogen and oxygen atoms in total. The Morgan fingerprint density at radius 3 is 2.70 bits per heavy atom. The van der Waals surface area contributed by atoms with Gasteiger partial charge < -0.3 is 10.2 Å². The van der Waals surface area contributed by atoms with Crippen LogP contribution in [0.3, 0.4) is 0 Å². The van der Waals surface area contributed by atoms with Crippen molar-refractivity contribution < 1.29 is 4.79 Å². The van der Waals surface area contributed by atoms with Gasteiger partial charge in [0.15, 0.2) is 0 Å². The summed E-state index contributed by atoms with van der Waals surface area (Å²) in [6.07, 6.45) is 2.41. The van der Waals surface area contributed by atoms with Gasteiger partial charge in [0.05, 0.1) is 11.4 Å². The van der Waals surface area contributed by atoms with Gasteiger partial charge in [0, 0.05) is 25.4 Å². The van der Waals surface area contributed by atoms with E-state index in [1.807, 2.05) is 49.3 Å². The molecule has 4 heteroatoms. The van der Waals surface area contributed by atoms with E-state index in [0.29, 0.717) is 6.42 Å². The molecule has 0 fully saturated rings. The fraction of sp³-hybridized carbons (Fsp3) is 0.312.